The minimum Gasteiger partial charge on any atom is -0.367 e. The summed E-state index contributed by atoms with van der Waals surface area (Å²) in [6.45, 7) is 6.00. The summed E-state index contributed by atoms with van der Waals surface area (Å²) in [6, 6.07) is -0.0396. The second kappa shape index (κ2) is 6.21. The summed E-state index contributed by atoms with van der Waals surface area (Å²) in [4.78, 5) is 23.6. The maximum Gasteiger partial charge on any atom is 0.239 e. The Morgan fingerprint density at radius 3 is 2.67 bits per heavy atom. The Balaban J connectivity index is 1.96. The molecule has 0 bridgehead atoms. The number of thiazole rings is 1. The Morgan fingerprint density at radius 2 is 2.14 bits per heavy atom. The average molecular weight is 308 g/mol. The summed E-state index contributed by atoms with van der Waals surface area (Å²) in [5, 5.41) is 7.47. The molecule has 2 aromatic heterocycles. The molecule has 1 atom stereocenters. The van der Waals surface area contributed by atoms with Crippen LogP contribution in [0.3, 0.4) is 0 Å². The van der Waals surface area contributed by atoms with Crippen LogP contribution in [-0.2, 0) is 11.2 Å². The van der Waals surface area contributed by atoms with Gasteiger partial charge in [0.15, 0.2) is 0 Å². The lowest BCUT2D eigenvalue weighted by atomic mass is 10.1. The van der Waals surface area contributed by atoms with Gasteiger partial charge in [-0.2, -0.15) is 4.98 Å². The molecule has 21 heavy (non-hydrogen) atoms. The molecule has 0 unspecified atom stereocenters. The summed E-state index contributed by atoms with van der Waals surface area (Å²) < 4.78 is 0. The van der Waals surface area contributed by atoms with Crippen LogP contribution in [0.15, 0.2) is 0 Å². The summed E-state index contributed by atoms with van der Waals surface area (Å²) in [6.07, 6.45) is 0.854. The van der Waals surface area contributed by atoms with Crippen molar-refractivity contribution in [3.63, 3.8) is 0 Å². The molecular weight excluding hydrogens is 288 g/mol. The molecule has 0 spiro atoms. The number of carbonyl (C=O) groups excluding carboxylic acids is 1. The lowest BCUT2D eigenvalue weighted by Crippen LogP contribution is -2.30. The Morgan fingerprint density at radius 1 is 1.43 bits per heavy atom. The SMILES string of the molecule is Cc1nc([C@H](C)N(C)C(=O)CCc2nc(N)n[nH]2)c(C)s1. The molecular formula is C13H20N6OS. The van der Waals surface area contributed by atoms with Crippen molar-refractivity contribution in [2.45, 2.75) is 39.7 Å². The van der Waals surface area contributed by atoms with E-state index in [-0.39, 0.29) is 17.9 Å². The van der Waals surface area contributed by atoms with Crippen LogP contribution in [0.4, 0.5) is 5.95 Å². The number of hydrogen-bond donors (Lipinski definition) is 2. The Hall–Kier alpha value is -1.96. The van der Waals surface area contributed by atoms with Crippen molar-refractivity contribution in [1.29, 1.82) is 0 Å². The van der Waals surface area contributed by atoms with Crippen LogP contribution >= 0.6 is 11.3 Å². The lowest BCUT2D eigenvalue weighted by Gasteiger charge is -2.24. The lowest BCUT2D eigenvalue weighted by molar-refractivity contribution is -0.131. The van der Waals surface area contributed by atoms with E-state index in [2.05, 4.69) is 20.2 Å². The highest BCUT2D eigenvalue weighted by atomic mass is 32.1. The number of aryl methyl sites for hydroxylation is 3. The molecule has 114 valence electrons. The molecule has 2 heterocycles. The minimum atomic E-state index is -0.0396. The van der Waals surface area contributed by atoms with Crippen molar-refractivity contribution in [1.82, 2.24) is 25.1 Å². The van der Waals surface area contributed by atoms with Crippen LogP contribution in [0.25, 0.3) is 0 Å². The molecule has 1 amide bonds. The largest absolute Gasteiger partial charge is 0.367 e. The van der Waals surface area contributed by atoms with Gasteiger partial charge in [0.2, 0.25) is 11.9 Å². The number of hydrogen-bond acceptors (Lipinski definition) is 6. The predicted octanol–water partition coefficient (Wildman–Crippen LogP) is 1.61. The molecule has 0 aliphatic carbocycles. The van der Waals surface area contributed by atoms with Crippen LogP contribution < -0.4 is 5.73 Å². The van der Waals surface area contributed by atoms with Crippen molar-refractivity contribution >= 4 is 23.2 Å². The van der Waals surface area contributed by atoms with E-state index < -0.39 is 0 Å². The van der Waals surface area contributed by atoms with Gasteiger partial charge in [0.05, 0.1) is 16.7 Å². The number of aromatic amines is 1. The highest BCUT2D eigenvalue weighted by molar-refractivity contribution is 7.11. The number of nitrogens with two attached hydrogens (primary N) is 1. The van der Waals surface area contributed by atoms with Crippen LogP contribution in [0.1, 0.15) is 40.8 Å². The van der Waals surface area contributed by atoms with E-state index >= 15 is 0 Å². The smallest absolute Gasteiger partial charge is 0.239 e. The molecule has 0 aliphatic rings. The molecule has 7 nitrogen and oxygen atoms in total. The van der Waals surface area contributed by atoms with E-state index in [1.54, 1.807) is 23.3 Å². The zero-order chi connectivity index (χ0) is 15.6. The van der Waals surface area contributed by atoms with Gasteiger partial charge in [-0.05, 0) is 20.8 Å². The first-order valence-electron chi connectivity index (χ1n) is 6.74. The van der Waals surface area contributed by atoms with Gasteiger partial charge in [0, 0.05) is 24.8 Å². The average Bonchev–Trinajstić information content (AvgIpc) is 3.00. The number of amides is 1. The third-order valence-electron chi connectivity index (χ3n) is 3.43. The molecule has 0 saturated carbocycles. The van der Waals surface area contributed by atoms with Gasteiger partial charge < -0.3 is 10.6 Å². The van der Waals surface area contributed by atoms with Gasteiger partial charge in [0.1, 0.15) is 5.82 Å². The summed E-state index contributed by atoms with van der Waals surface area (Å²) in [5.74, 6) is 0.873. The van der Waals surface area contributed by atoms with Crippen molar-refractivity contribution in [3.05, 3.63) is 21.4 Å². The summed E-state index contributed by atoms with van der Waals surface area (Å²) >= 11 is 1.65. The quantitative estimate of drug-likeness (QED) is 0.874. The van der Waals surface area contributed by atoms with Crippen LogP contribution in [0.5, 0.6) is 0 Å². The topological polar surface area (TPSA) is 101 Å². The Labute approximate surface area is 127 Å². The number of rotatable bonds is 5. The number of aromatic nitrogens is 4. The summed E-state index contributed by atoms with van der Waals surface area (Å²) in [7, 11) is 1.80. The normalized spacial score (nSPS) is 12.4. The van der Waals surface area contributed by atoms with Gasteiger partial charge in [-0.25, -0.2) is 4.98 Å². The number of nitrogens with one attached hydrogen (secondary N) is 1. The zero-order valence-corrected chi connectivity index (χ0v) is 13.5. The zero-order valence-electron chi connectivity index (χ0n) is 12.7. The maximum absolute atomic E-state index is 12.3. The molecule has 0 aliphatic heterocycles. The highest BCUT2D eigenvalue weighted by Crippen LogP contribution is 2.26. The van der Waals surface area contributed by atoms with Crippen molar-refractivity contribution in [2.75, 3.05) is 12.8 Å². The van der Waals surface area contributed by atoms with E-state index in [1.165, 1.54) is 0 Å². The molecule has 8 heteroatoms. The molecule has 2 aromatic rings. The molecule has 0 aromatic carbocycles. The molecule has 3 N–H and O–H groups in total. The fourth-order valence-electron chi connectivity index (χ4n) is 2.16. The molecule has 2 rings (SSSR count). The van der Waals surface area contributed by atoms with Gasteiger partial charge in [-0.3, -0.25) is 9.89 Å². The second-order valence-electron chi connectivity index (χ2n) is 5.00. The van der Waals surface area contributed by atoms with Crippen LogP contribution in [0.2, 0.25) is 0 Å². The maximum atomic E-state index is 12.3. The fraction of sp³-hybridized carbons (Fsp3) is 0.538. The highest BCUT2D eigenvalue weighted by Gasteiger charge is 2.21. The van der Waals surface area contributed by atoms with E-state index in [0.717, 1.165) is 15.6 Å². The standard InChI is InChI=1S/C13H20N6OS/c1-7(12-8(2)21-9(3)15-12)19(4)11(20)6-5-10-16-13(14)18-17-10/h7H,5-6H2,1-4H3,(H3,14,16,17,18)/t7-/m0/s1. The van der Waals surface area contributed by atoms with Gasteiger partial charge in [-0.1, -0.05) is 0 Å². The van der Waals surface area contributed by atoms with E-state index in [4.69, 9.17) is 5.73 Å². The first-order valence-corrected chi connectivity index (χ1v) is 7.56. The first-order chi connectivity index (χ1) is 9.88. The molecule has 0 radical (unpaired) electrons. The number of anilines is 1. The number of H-pyrrole nitrogens is 1. The minimum absolute atomic E-state index is 0.0396. The fourth-order valence-corrected chi connectivity index (χ4v) is 3.06. The van der Waals surface area contributed by atoms with Crippen molar-refractivity contribution < 1.29 is 4.79 Å². The van der Waals surface area contributed by atoms with Crippen LogP contribution in [0, 0.1) is 13.8 Å². The van der Waals surface area contributed by atoms with Crippen molar-refractivity contribution in [2.24, 2.45) is 0 Å². The predicted molar refractivity (Wildman–Crippen MR) is 81.9 cm³/mol. The number of nitrogen functional groups attached to an aromatic ring is 1. The summed E-state index contributed by atoms with van der Waals surface area (Å²) in [5.41, 5.74) is 6.40. The number of nitrogens with zero attached hydrogens (tertiary/aromatic N) is 4. The van der Waals surface area contributed by atoms with Gasteiger partial charge in [-0.15, -0.1) is 16.4 Å². The first kappa shape index (κ1) is 15.4. The molecule has 0 fully saturated rings. The molecule has 0 saturated heterocycles. The van der Waals surface area contributed by atoms with E-state index in [9.17, 15) is 4.79 Å². The van der Waals surface area contributed by atoms with Crippen molar-refractivity contribution in [3.8, 4) is 0 Å². The van der Waals surface area contributed by atoms with E-state index in [0.29, 0.717) is 18.7 Å². The Kier molecular flexibility index (Phi) is 4.56. The van der Waals surface area contributed by atoms with Gasteiger partial charge in [0.25, 0.3) is 0 Å². The van der Waals surface area contributed by atoms with Crippen LogP contribution in [-0.4, -0.2) is 38.0 Å². The Bertz CT molecular complexity index is 634. The number of carbonyl (C=O) groups is 1. The van der Waals surface area contributed by atoms with Gasteiger partial charge >= 0.3 is 0 Å². The third-order valence-corrected chi connectivity index (χ3v) is 4.34. The monoisotopic (exact) mass is 308 g/mol. The van der Waals surface area contributed by atoms with E-state index in [1.807, 2.05) is 20.8 Å². The third kappa shape index (κ3) is 3.57. The second-order valence-corrected chi connectivity index (χ2v) is 6.40.